The van der Waals surface area contributed by atoms with E-state index < -0.39 is 23.3 Å². The van der Waals surface area contributed by atoms with Crippen LogP contribution in [-0.4, -0.2) is 33.0 Å². The van der Waals surface area contributed by atoms with E-state index in [0.717, 1.165) is 12.8 Å². The molecule has 11 heteroatoms. The molecular weight excluding hydrogens is 442 g/mol. The molecule has 2 saturated carbocycles. The van der Waals surface area contributed by atoms with Gasteiger partial charge in [-0.25, -0.2) is 23.8 Å². The number of aromatic nitrogens is 2. The lowest BCUT2D eigenvalue weighted by Crippen LogP contribution is -2.44. The molecule has 2 fully saturated rings. The number of hydrazone groups is 1. The molecule has 0 radical (unpaired) electrons. The summed E-state index contributed by atoms with van der Waals surface area (Å²) in [5, 5.41) is 4.30. The highest BCUT2D eigenvalue weighted by molar-refractivity contribution is 7.20. The number of nitrogens with one attached hydrogen (secondary N) is 1. The summed E-state index contributed by atoms with van der Waals surface area (Å²) in [6, 6.07) is -0.140. The molecule has 0 aromatic carbocycles. The van der Waals surface area contributed by atoms with Crippen molar-refractivity contribution in [3.63, 3.8) is 0 Å². The van der Waals surface area contributed by atoms with Gasteiger partial charge >= 0.3 is 11.8 Å². The number of nitrogens with zero attached hydrogens (tertiary/aromatic N) is 3. The minimum atomic E-state index is -2.69. The molecular formula is C21H26F2N4O4S. The Morgan fingerprint density at radius 1 is 1.31 bits per heavy atom. The van der Waals surface area contributed by atoms with Gasteiger partial charge in [0.05, 0.1) is 16.5 Å². The van der Waals surface area contributed by atoms with Crippen molar-refractivity contribution < 1.29 is 18.3 Å². The third-order valence-electron chi connectivity index (χ3n) is 5.54. The molecule has 32 heavy (non-hydrogen) atoms. The van der Waals surface area contributed by atoms with E-state index in [9.17, 15) is 23.2 Å². The number of rotatable bonds is 5. The summed E-state index contributed by atoms with van der Waals surface area (Å²) in [6.45, 7) is 7.08. The number of hydrogen-bond acceptors (Lipinski definition) is 6. The zero-order valence-corrected chi connectivity index (χ0v) is 19.2. The molecule has 174 valence electrons. The SMILES string of the molecule is Cc1c(/C=N/NC(=O)OC(C)(C)C)sc2c1c(=O)n(C1CC1)c(=O)n2CC1CC(F)(F)C1. The predicted octanol–water partition coefficient (Wildman–Crippen LogP) is 3.77. The Balaban J connectivity index is 1.70. The van der Waals surface area contributed by atoms with E-state index in [1.54, 1.807) is 27.7 Å². The largest absolute Gasteiger partial charge is 0.443 e. The van der Waals surface area contributed by atoms with Gasteiger partial charge in [-0.05, 0) is 52.0 Å². The molecule has 2 aliphatic rings. The highest BCUT2D eigenvalue weighted by Gasteiger charge is 2.45. The first-order valence-corrected chi connectivity index (χ1v) is 11.4. The first kappa shape index (κ1) is 22.6. The molecule has 0 bridgehead atoms. The average molecular weight is 469 g/mol. The summed E-state index contributed by atoms with van der Waals surface area (Å²) < 4.78 is 34.6. The molecule has 2 aromatic heterocycles. The third kappa shape index (κ3) is 4.48. The Kier molecular flexibility index (Phi) is 5.51. The van der Waals surface area contributed by atoms with E-state index >= 15 is 0 Å². The maximum atomic E-state index is 13.4. The van der Waals surface area contributed by atoms with Gasteiger partial charge in [-0.2, -0.15) is 5.10 Å². The lowest BCUT2D eigenvalue weighted by molar-refractivity contribution is -0.114. The van der Waals surface area contributed by atoms with Crippen molar-refractivity contribution in [2.45, 2.75) is 77.5 Å². The van der Waals surface area contributed by atoms with Gasteiger partial charge in [0.15, 0.2) is 0 Å². The number of carbonyl (C=O) groups excluding carboxylic acids is 1. The van der Waals surface area contributed by atoms with Crippen LogP contribution in [0.15, 0.2) is 14.7 Å². The molecule has 4 rings (SSSR count). The van der Waals surface area contributed by atoms with Crippen molar-refractivity contribution >= 4 is 33.9 Å². The predicted molar refractivity (Wildman–Crippen MR) is 118 cm³/mol. The number of alkyl halides is 2. The van der Waals surface area contributed by atoms with Gasteiger partial charge in [0.25, 0.3) is 5.56 Å². The normalized spacial score (nSPS) is 18.8. The molecule has 2 aromatic rings. The number of ether oxygens (including phenoxy) is 1. The molecule has 1 N–H and O–H groups in total. The lowest BCUT2D eigenvalue weighted by Gasteiger charge is -2.35. The van der Waals surface area contributed by atoms with E-state index in [0.29, 0.717) is 20.7 Å². The second-order valence-electron chi connectivity index (χ2n) is 9.57. The fraction of sp³-hybridized carbons (Fsp3) is 0.619. The van der Waals surface area contributed by atoms with Crippen LogP contribution in [0.1, 0.15) is 62.9 Å². The first-order chi connectivity index (χ1) is 14.9. The summed E-state index contributed by atoms with van der Waals surface area (Å²) in [5.41, 5.74) is 1.43. The van der Waals surface area contributed by atoms with Crippen LogP contribution in [0.25, 0.3) is 10.2 Å². The van der Waals surface area contributed by atoms with E-state index in [1.165, 1.54) is 26.7 Å². The van der Waals surface area contributed by atoms with Crippen molar-refractivity contribution in [2.24, 2.45) is 11.0 Å². The van der Waals surface area contributed by atoms with Crippen LogP contribution in [-0.2, 0) is 11.3 Å². The number of hydrogen-bond donors (Lipinski definition) is 1. The van der Waals surface area contributed by atoms with Crippen LogP contribution in [0.2, 0.25) is 0 Å². The minimum Gasteiger partial charge on any atom is -0.443 e. The fourth-order valence-corrected chi connectivity index (χ4v) is 5.11. The Morgan fingerprint density at radius 3 is 2.53 bits per heavy atom. The van der Waals surface area contributed by atoms with Gasteiger partial charge in [-0.1, -0.05) is 0 Å². The maximum Gasteiger partial charge on any atom is 0.428 e. The monoisotopic (exact) mass is 468 g/mol. The van der Waals surface area contributed by atoms with E-state index in [1.807, 2.05) is 0 Å². The molecule has 2 heterocycles. The second kappa shape index (κ2) is 7.79. The van der Waals surface area contributed by atoms with Crippen LogP contribution in [0.4, 0.5) is 13.6 Å². The van der Waals surface area contributed by atoms with Crippen molar-refractivity contribution in [1.29, 1.82) is 0 Å². The van der Waals surface area contributed by atoms with Crippen LogP contribution in [0.3, 0.4) is 0 Å². The van der Waals surface area contributed by atoms with Crippen LogP contribution in [0.5, 0.6) is 0 Å². The lowest BCUT2D eigenvalue weighted by atomic mass is 9.81. The van der Waals surface area contributed by atoms with Crippen molar-refractivity contribution in [1.82, 2.24) is 14.6 Å². The summed E-state index contributed by atoms with van der Waals surface area (Å²) in [5.74, 6) is -3.00. The van der Waals surface area contributed by atoms with Gasteiger partial charge in [0.2, 0.25) is 5.92 Å². The molecule has 0 atom stereocenters. The van der Waals surface area contributed by atoms with Crippen LogP contribution in [0, 0.1) is 12.8 Å². The van der Waals surface area contributed by atoms with E-state index in [4.69, 9.17) is 4.74 Å². The summed E-state index contributed by atoms with van der Waals surface area (Å²) in [7, 11) is 0. The Bertz CT molecular complexity index is 1210. The quantitative estimate of drug-likeness (QED) is 0.534. The Labute approximate surface area is 186 Å². The van der Waals surface area contributed by atoms with Crippen LogP contribution < -0.4 is 16.7 Å². The van der Waals surface area contributed by atoms with Crippen LogP contribution >= 0.6 is 11.3 Å². The minimum absolute atomic E-state index is 0.140. The number of aryl methyl sites for hydroxylation is 1. The molecule has 0 spiro atoms. The van der Waals surface area contributed by atoms with Crippen molar-refractivity contribution in [2.75, 3.05) is 0 Å². The third-order valence-corrected chi connectivity index (χ3v) is 6.79. The first-order valence-electron chi connectivity index (χ1n) is 10.5. The number of amides is 1. The van der Waals surface area contributed by atoms with Gasteiger partial charge in [-0.3, -0.25) is 13.9 Å². The molecule has 0 unspecified atom stereocenters. The van der Waals surface area contributed by atoms with E-state index in [-0.39, 0.29) is 36.9 Å². The molecule has 1 amide bonds. The number of carbonyl (C=O) groups is 1. The molecule has 2 aliphatic carbocycles. The zero-order chi connectivity index (χ0) is 23.4. The van der Waals surface area contributed by atoms with E-state index in [2.05, 4.69) is 10.5 Å². The van der Waals surface area contributed by atoms with Gasteiger partial charge in [0.1, 0.15) is 10.4 Å². The van der Waals surface area contributed by atoms with Gasteiger partial charge in [0, 0.05) is 25.4 Å². The Morgan fingerprint density at radius 2 is 1.97 bits per heavy atom. The second-order valence-corrected chi connectivity index (χ2v) is 10.6. The zero-order valence-electron chi connectivity index (χ0n) is 18.4. The highest BCUT2D eigenvalue weighted by Crippen LogP contribution is 2.43. The maximum absolute atomic E-state index is 13.4. The molecule has 0 aliphatic heterocycles. The summed E-state index contributed by atoms with van der Waals surface area (Å²) >= 11 is 1.18. The average Bonchev–Trinajstić information content (AvgIpc) is 3.40. The number of fused-ring (bicyclic) bond motifs is 1. The van der Waals surface area contributed by atoms with Gasteiger partial charge < -0.3 is 4.74 Å². The molecule has 0 saturated heterocycles. The van der Waals surface area contributed by atoms with Gasteiger partial charge in [-0.15, -0.1) is 11.3 Å². The standard InChI is InChI=1S/C21H26F2N4O4S/c1-11-14(9-24-25-18(29)31-20(2,3)4)32-17-15(11)16(28)27(13-5-6-13)19(30)26(17)10-12-7-21(22,23)8-12/h9,12-13H,5-8,10H2,1-4H3,(H,25,29)/b24-9+. The summed E-state index contributed by atoms with van der Waals surface area (Å²) in [4.78, 5) is 39.1. The Hall–Kier alpha value is -2.56. The number of thiophene rings is 1. The van der Waals surface area contributed by atoms with Crippen molar-refractivity contribution in [3.05, 3.63) is 31.3 Å². The highest BCUT2D eigenvalue weighted by atomic mass is 32.1. The smallest absolute Gasteiger partial charge is 0.428 e. The molecule has 8 nitrogen and oxygen atoms in total. The summed E-state index contributed by atoms with van der Waals surface area (Å²) in [6.07, 6.45) is 1.66. The fourth-order valence-electron chi connectivity index (χ4n) is 3.94. The number of halogens is 2. The topological polar surface area (TPSA) is 94.7 Å². The van der Waals surface area contributed by atoms with Crippen molar-refractivity contribution in [3.8, 4) is 0 Å².